The molecule has 31 heavy (non-hydrogen) atoms. The Balaban J connectivity index is 1.74. The molecule has 1 aliphatic rings. The average molecular weight is 415 g/mol. The van der Waals surface area contributed by atoms with Crippen LogP contribution in [0.4, 0.5) is 11.6 Å². The van der Waals surface area contributed by atoms with E-state index in [9.17, 15) is 4.79 Å². The van der Waals surface area contributed by atoms with Crippen LogP contribution in [0.3, 0.4) is 0 Å². The molecule has 0 saturated heterocycles. The lowest BCUT2D eigenvalue weighted by atomic mass is 9.88. The van der Waals surface area contributed by atoms with Crippen LogP contribution in [-0.4, -0.2) is 37.4 Å². The van der Waals surface area contributed by atoms with Gasteiger partial charge in [0.15, 0.2) is 5.82 Å². The third-order valence-electron chi connectivity index (χ3n) is 5.05. The molecular weight excluding hydrogens is 394 g/mol. The summed E-state index contributed by atoms with van der Waals surface area (Å²) in [6.45, 7) is 4.12. The van der Waals surface area contributed by atoms with Gasteiger partial charge in [0.05, 0.1) is 29.6 Å². The molecule has 4 rings (SSSR count). The molecule has 1 aliphatic heterocycles. The molecule has 3 heterocycles. The number of hydrogen-bond acceptors (Lipinski definition) is 7. The molecule has 0 fully saturated rings. The maximum Gasteiger partial charge on any atom is 0.236 e. The quantitative estimate of drug-likeness (QED) is 0.563. The molecule has 156 valence electrons. The predicted octanol–water partition coefficient (Wildman–Crippen LogP) is 2.25. The molecule has 3 N–H and O–H groups in total. The van der Waals surface area contributed by atoms with E-state index in [0.29, 0.717) is 41.6 Å². The van der Waals surface area contributed by atoms with E-state index in [-0.39, 0.29) is 12.5 Å². The summed E-state index contributed by atoms with van der Waals surface area (Å²) in [6, 6.07) is 12.1. The SMILES string of the molecule is C=C1Nc2nc(CCCO)nn2[C@H](c2ccc(C#N)cc2)[C@H]1C(=O)Nc1cccnc1. The fourth-order valence-corrected chi connectivity index (χ4v) is 3.59. The number of benzene rings is 1. The van der Waals surface area contributed by atoms with Crippen molar-refractivity contribution in [2.75, 3.05) is 17.2 Å². The maximum atomic E-state index is 13.3. The summed E-state index contributed by atoms with van der Waals surface area (Å²) in [7, 11) is 0. The molecule has 0 unspecified atom stereocenters. The molecule has 1 aromatic carbocycles. The number of nitrogens with one attached hydrogen (secondary N) is 2. The van der Waals surface area contributed by atoms with Crippen molar-refractivity contribution in [3.05, 3.63) is 78.0 Å². The standard InChI is InChI=1S/C22H21N7O2/c1-14-19(21(31)26-17-4-2-10-24-13-17)20(16-8-6-15(12-23)7-9-16)29-22(25-14)27-18(28-29)5-3-11-30/h2,4,6-10,13,19-20,30H,1,3,5,11H2,(H,26,31)(H,25,27,28)/t19-,20+/m0/s1. The Morgan fingerprint density at radius 2 is 2.13 bits per heavy atom. The van der Waals surface area contributed by atoms with Gasteiger partial charge in [-0.2, -0.15) is 15.3 Å². The Hall–Kier alpha value is -4.03. The number of nitriles is 1. The van der Waals surface area contributed by atoms with Gasteiger partial charge in [-0.25, -0.2) is 4.68 Å². The second kappa shape index (κ2) is 8.77. The molecule has 2 aromatic heterocycles. The van der Waals surface area contributed by atoms with Crippen molar-refractivity contribution >= 4 is 17.5 Å². The zero-order valence-electron chi connectivity index (χ0n) is 16.7. The molecule has 0 spiro atoms. The summed E-state index contributed by atoms with van der Waals surface area (Å²) >= 11 is 0. The second-order valence-electron chi connectivity index (χ2n) is 7.16. The Bertz CT molecular complexity index is 1130. The minimum Gasteiger partial charge on any atom is -0.396 e. The lowest BCUT2D eigenvalue weighted by Crippen LogP contribution is -2.39. The van der Waals surface area contributed by atoms with Crippen molar-refractivity contribution in [1.29, 1.82) is 5.26 Å². The zero-order chi connectivity index (χ0) is 21.8. The summed E-state index contributed by atoms with van der Waals surface area (Å²) in [4.78, 5) is 21.8. The van der Waals surface area contributed by atoms with Gasteiger partial charge < -0.3 is 15.7 Å². The minimum absolute atomic E-state index is 0.0409. The average Bonchev–Trinajstić information content (AvgIpc) is 3.19. The minimum atomic E-state index is -0.687. The smallest absolute Gasteiger partial charge is 0.236 e. The van der Waals surface area contributed by atoms with E-state index in [1.54, 1.807) is 41.3 Å². The first-order chi connectivity index (χ1) is 15.1. The number of carbonyl (C=O) groups is 1. The third-order valence-corrected chi connectivity index (χ3v) is 5.05. The maximum absolute atomic E-state index is 13.3. The number of hydrogen-bond donors (Lipinski definition) is 3. The molecule has 0 aliphatic carbocycles. The molecule has 1 amide bonds. The Labute approximate surface area is 179 Å². The van der Waals surface area contributed by atoms with Crippen molar-refractivity contribution < 1.29 is 9.90 Å². The van der Waals surface area contributed by atoms with Gasteiger partial charge in [0, 0.05) is 24.9 Å². The number of nitrogens with zero attached hydrogens (tertiary/aromatic N) is 5. The Morgan fingerprint density at radius 3 is 2.81 bits per heavy atom. The number of anilines is 2. The third kappa shape index (κ3) is 4.15. The number of aliphatic hydroxyl groups excluding tert-OH is 1. The van der Waals surface area contributed by atoms with Gasteiger partial charge in [-0.15, -0.1) is 0 Å². The molecule has 3 aromatic rings. The summed E-state index contributed by atoms with van der Waals surface area (Å²) in [5, 5.41) is 28.8. The summed E-state index contributed by atoms with van der Waals surface area (Å²) < 4.78 is 1.68. The highest BCUT2D eigenvalue weighted by Crippen LogP contribution is 2.38. The number of rotatable bonds is 6. The van der Waals surface area contributed by atoms with Gasteiger partial charge in [-0.3, -0.25) is 9.78 Å². The predicted molar refractivity (Wildman–Crippen MR) is 114 cm³/mol. The Kier molecular flexibility index (Phi) is 5.73. The van der Waals surface area contributed by atoms with E-state index in [4.69, 9.17) is 10.4 Å². The number of amides is 1. The van der Waals surface area contributed by atoms with Crippen molar-refractivity contribution in [2.45, 2.75) is 18.9 Å². The molecule has 9 nitrogen and oxygen atoms in total. The molecule has 0 saturated carbocycles. The van der Waals surface area contributed by atoms with E-state index in [2.05, 4.69) is 38.3 Å². The number of aliphatic hydroxyl groups is 1. The van der Waals surface area contributed by atoms with Crippen LogP contribution in [0.25, 0.3) is 0 Å². The number of aromatic nitrogens is 4. The monoisotopic (exact) mass is 415 g/mol. The molecule has 0 bridgehead atoms. The van der Waals surface area contributed by atoms with Crippen LogP contribution in [0.1, 0.15) is 29.4 Å². The fraction of sp³-hybridized carbons (Fsp3) is 0.227. The van der Waals surface area contributed by atoms with Gasteiger partial charge in [-0.1, -0.05) is 18.7 Å². The van der Waals surface area contributed by atoms with Crippen LogP contribution >= 0.6 is 0 Å². The zero-order valence-corrected chi connectivity index (χ0v) is 16.7. The highest BCUT2D eigenvalue weighted by molar-refractivity contribution is 5.95. The first kappa shape index (κ1) is 20.3. The van der Waals surface area contributed by atoms with Crippen LogP contribution in [0.15, 0.2) is 61.1 Å². The van der Waals surface area contributed by atoms with Crippen molar-refractivity contribution in [3.8, 4) is 6.07 Å². The summed E-state index contributed by atoms with van der Waals surface area (Å²) in [6.07, 6.45) is 4.25. The Morgan fingerprint density at radius 1 is 1.32 bits per heavy atom. The number of carbonyl (C=O) groups excluding carboxylic acids is 1. The van der Waals surface area contributed by atoms with Crippen LogP contribution in [0.5, 0.6) is 0 Å². The second-order valence-corrected chi connectivity index (χ2v) is 7.16. The van der Waals surface area contributed by atoms with Crippen LogP contribution < -0.4 is 10.6 Å². The van der Waals surface area contributed by atoms with Crippen LogP contribution in [0.2, 0.25) is 0 Å². The van der Waals surface area contributed by atoms with E-state index in [0.717, 1.165) is 5.56 Å². The van der Waals surface area contributed by atoms with Gasteiger partial charge >= 0.3 is 0 Å². The van der Waals surface area contributed by atoms with E-state index >= 15 is 0 Å². The molecular formula is C22H21N7O2. The highest BCUT2D eigenvalue weighted by atomic mass is 16.3. The lowest BCUT2D eigenvalue weighted by molar-refractivity contribution is -0.119. The number of pyridine rings is 1. The van der Waals surface area contributed by atoms with Crippen molar-refractivity contribution in [1.82, 2.24) is 19.7 Å². The number of fused-ring (bicyclic) bond motifs is 1. The van der Waals surface area contributed by atoms with Crippen molar-refractivity contribution in [3.63, 3.8) is 0 Å². The van der Waals surface area contributed by atoms with E-state index < -0.39 is 12.0 Å². The van der Waals surface area contributed by atoms with Gasteiger partial charge in [0.2, 0.25) is 11.9 Å². The van der Waals surface area contributed by atoms with Gasteiger partial charge in [0.1, 0.15) is 5.92 Å². The number of aryl methyl sites for hydroxylation is 1. The normalized spacial score (nSPS) is 17.4. The fourth-order valence-electron chi connectivity index (χ4n) is 3.59. The largest absolute Gasteiger partial charge is 0.396 e. The molecule has 9 heteroatoms. The molecule has 2 atom stereocenters. The first-order valence-corrected chi connectivity index (χ1v) is 9.83. The van der Waals surface area contributed by atoms with Crippen LogP contribution in [0, 0.1) is 17.2 Å². The topological polar surface area (TPSA) is 129 Å². The highest BCUT2D eigenvalue weighted by Gasteiger charge is 2.40. The summed E-state index contributed by atoms with van der Waals surface area (Å²) in [5.41, 5.74) is 2.39. The molecule has 0 radical (unpaired) electrons. The summed E-state index contributed by atoms with van der Waals surface area (Å²) in [5.74, 6) is 0.0972. The van der Waals surface area contributed by atoms with Gasteiger partial charge in [0.25, 0.3) is 0 Å². The van der Waals surface area contributed by atoms with Crippen LogP contribution in [-0.2, 0) is 11.2 Å². The first-order valence-electron chi connectivity index (χ1n) is 9.83. The van der Waals surface area contributed by atoms with E-state index in [1.165, 1.54) is 0 Å². The van der Waals surface area contributed by atoms with Gasteiger partial charge in [-0.05, 0) is 36.2 Å². The van der Waals surface area contributed by atoms with E-state index in [1.807, 2.05) is 12.1 Å². The van der Waals surface area contributed by atoms with Crippen molar-refractivity contribution in [2.24, 2.45) is 5.92 Å². The lowest BCUT2D eigenvalue weighted by Gasteiger charge is -2.33.